The van der Waals surface area contributed by atoms with Gasteiger partial charge in [0.1, 0.15) is 5.78 Å². The molecule has 0 fully saturated rings. The lowest BCUT2D eigenvalue weighted by Crippen LogP contribution is -2.13. The van der Waals surface area contributed by atoms with Crippen LogP contribution in [0.3, 0.4) is 0 Å². The van der Waals surface area contributed by atoms with Crippen molar-refractivity contribution in [2.45, 2.75) is 19.5 Å². The van der Waals surface area contributed by atoms with E-state index in [0.29, 0.717) is 5.41 Å². The molecule has 0 spiro atoms. The summed E-state index contributed by atoms with van der Waals surface area (Å²) in [6.45, 7) is 1.10. The van der Waals surface area contributed by atoms with Gasteiger partial charge in [0, 0.05) is 12.0 Å². The fraction of sp³-hybridized carbons (Fsp3) is 0.500. The molecule has 0 bridgehead atoms. The number of carbonyl (C=O) groups excluding carboxylic acids is 1. The van der Waals surface area contributed by atoms with Crippen LogP contribution in [0.2, 0.25) is 0 Å². The molecule has 1 nitrogen and oxygen atoms in total. The van der Waals surface area contributed by atoms with E-state index >= 15 is 0 Å². The molecule has 0 aliphatic rings. The van der Waals surface area contributed by atoms with Crippen LogP contribution in [0, 0.1) is 0 Å². The summed E-state index contributed by atoms with van der Waals surface area (Å²) in [5.41, 5.74) is -0.909. The largest absolute Gasteiger partial charge is 0.413 e. The molecule has 11 heavy (non-hydrogen) atoms. The molecule has 0 heterocycles. The maximum atomic E-state index is 11.8. The van der Waals surface area contributed by atoms with Gasteiger partial charge in [-0.25, -0.2) is 0 Å². The summed E-state index contributed by atoms with van der Waals surface area (Å²) in [4.78, 5) is 10.3. The van der Waals surface area contributed by atoms with Crippen molar-refractivity contribution in [2.24, 2.45) is 0 Å². The smallest absolute Gasteiger partial charge is 0.300 e. The van der Waals surface area contributed by atoms with E-state index in [9.17, 15) is 18.0 Å². The summed E-state index contributed by atoms with van der Waals surface area (Å²) in [5, 5.41) is 0.612. The van der Waals surface area contributed by atoms with Gasteiger partial charge in [-0.15, -0.1) is 0 Å². The van der Waals surface area contributed by atoms with Crippen LogP contribution in [0.4, 0.5) is 13.2 Å². The van der Waals surface area contributed by atoms with Gasteiger partial charge in [0.2, 0.25) is 0 Å². The molecule has 0 aromatic carbocycles. The molecule has 0 unspecified atom stereocenters. The summed E-state index contributed by atoms with van der Waals surface area (Å²) in [5.74, 6) is -0.525. The van der Waals surface area contributed by atoms with Gasteiger partial charge in [-0.3, -0.25) is 4.79 Å². The Kier molecular flexibility index (Phi) is 3.65. The van der Waals surface area contributed by atoms with Crippen molar-refractivity contribution in [3.8, 4) is 0 Å². The van der Waals surface area contributed by atoms with Crippen LogP contribution in [-0.4, -0.2) is 12.0 Å². The lowest BCUT2D eigenvalue weighted by molar-refractivity contribution is -0.121. The summed E-state index contributed by atoms with van der Waals surface area (Å²) < 4.78 is 35.4. The first-order valence-electron chi connectivity index (χ1n) is 2.78. The fourth-order valence-corrected chi connectivity index (χ4v) is 0.725. The zero-order valence-electron chi connectivity index (χ0n) is 5.77. The Morgan fingerprint density at radius 3 is 2.09 bits per heavy atom. The lowest BCUT2D eigenvalue weighted by atomic mass is 10.1. The van der Waals surface area contributed by atoms with Crippen molar-refractivity contribution >= 4 is 18.4 Å². The number of alkyl halides is 3. The number of thiol groups is 1. The van der Waals surface area contributed by atoms with Crippen molar-refractivity contribution in [3.63, 3.8) is 0 Å². The van der Waals surface area contributed by atoms with E-state index in [0.717, 1.165) is 6.92 Å². The van der Waals surface area contributed by atoms with Crippen LogP contribution in [0.15, 0.2) is 11.0 Å². The fourth-order valence-electron chi connectivity index (χ4n) is 0.487. The molecule has 0 N–H and O–H groups in total. The number of hydrogen-bond donors (Lipinski definition) is 1. The van der Waals surface area contributed by atoms with Gasteiger partial charge in [0.25, 0.3) is 0 Å². The summed E-state index contributed by atoms with van der Waals surface area (Å²) in [6.07, 6.45) is -5.04. The zero-order valence-corrected chi connectivity index (χ0v) is 6.67. The van der Waals surface area contributed by atoms with Crippen LogP contribution < -0.4 is 0 Å². The highest BCUT2D eigenvalue weighted by molar-refractivity contribution is 7.83. The van der Waals surface area contributed by atoms with Crippen molar-refractivity contribution in [1.82, 2.24) is 0 Å². The van der Waals surface area contributed by atoms with E-state index in [4.69, 9.17) is 0 Å². The molecule has 5 heteroatoms. The molecular formula is C6H7F3OS. The third kappa shape index (κ3) is 4.08. The minimum Gasteiger partial charge on any atom is -0.300 e. The van der Waals surface area contributed by atoms with E-state index in [1.807, 2.05) is 0 Å². The minimum absolute atomic E-state index is 0.525. The SMILES string of the molecule is CC(=O)C/C(=C/S)C(F)(F)F. The Bertz CT molecular complexity index is 183. The maximum absolute atomic E-state index is 11.8. The molecule has 0 aliphatic heterocycles. The van der Waals surface area contributed by atoms with Crippen molar-refractivity contribution < 1.29 is 18.0 Å². The molecule has 0 amide bonds. The molecule has 0 saturated heterocycles. The second kappa shape index (κ2) is 3.80. The predicted molar refractivity (Wildman–Crippen MR) is 38.4 cm³/mol. The molecule has 0 aromatic rings. The number of carbonyl (C=O) groups is 1. The number of allylic oxidation sites excluding steroid dienone is 1. The van der Waals surface area contributed by atoms with E-state index in [1.54, 1.807) is 0 Å². The zero-order chi connectivity index (χ0) is 9.07. The first-order chi connectivity index (χ1) is 4.88. The molecule has 0 radical (unpaired) electrons. The van der Waals surface area contributed by atoms with Gasteiger partial charge in [0.15, 0.2) is 0 Å². The minimum atomic E-state index is -4.44. The normalized spacial score (nSPS) is 13.4. The highest BCUT2D eigenvalue weighted by Crippen LogP contribution is 2.28. The van der Waals surface area contributed by atoms with Gasteiger partial charge in [0.05, 0.1) is 0 Å². The van der Waals surface area contributed by atoms with Crippen LogP contribution >= 0.6 is 12.6 Å². The Labute approximate surface area is 67.7 Å². The topological polar surface area (TPSA) is 17.1 Å². The monoisotopic (exact) mass is 184 g/mol. The maximum Gasteiger partial charge on any atom is 0.413 e. The Morgan fingerprint density at radius 2 is 2.00 bits per heavy atom. The highest BCUT2D eigenvalue weighted by Gasteiger charge is 2.33. The van der Waals surface area contributed by atoms with Gasteiger partial charge in [-0.2, -0.15) is 25.8 Å². The van der Waals surface area contributed by atoms with Crippen LogP contribution in [0.25, 0.3) is 0 Å². The molecule has 0 aromatic heterocycles. The molecule has 0 aliphatic carbocycles. The standard InChI is InChI=1S/C6H7F3OS/c1-4(10)2-5(3-11)6(7,8)9/h3,11H,2H2,1H3/b5-3-. The Balaban J connectivity index is 4.33. The van der Waals surface area contributed by atoms with Gasteiger partial charge in [-0.1, -0.05) is 0 Å². The van der Waals surface area contributed by atoms with Crippen molar-refractivity contribution in [1.29, 1.82) is 0 Å². The molecule has 0 atom stereocenters. The summed E-state index contributed by atoms with van der Waals surface area (Å²) in [6, 6.07) is 0. The number of halogens is 3. The first kappa shape index (κ1) is 10.6. The van der Waals surface area contributed by atoms with Gasteiger partial charge >= 0.3 is 6.18 Å². The van der Waals surface area contributed by atoms with E-state index < -0.39 is 24.0 Å². The Morgan fingerprint density at radius 1 is 1.55 bits per heavy atom. The quantitative estimate of drug-likeness (QED) is 0.652. The second-order valence-electron chi connectivity index (χ2n) is 2.03. The summed E-state index contributed by atoms with van der Waals surface area (Å²) in [7, 11) is 0. The molecular weight excluding hydrogens is 177 g/mol. The average Bonchev–Trinajstić information content (AvgIpc) is 1.79. The summed E-state index contributed by atoms with van der Waals surface area (Å²) >= 11 is 3.35. The molecule has 64 valence electrons. The predicted octanol–water partition coefficient (Wildman–Crippen LogP) is 2.34. The van der Waals surface area contributed by atoms with Crippen LogP contribution in [0.1, 0.15) is 13.3 Å². The van der Waals surface area contributed by atoms with Gasteiger partial charge < -0.3 is 0 Å². The third-order valence-electron chi connectivity index (χ3n) is 0.959. The molecule has 0 saturated carbocycles. The molecule has 0 rings (SSSR count). The third-order valence-corrected chi connectivity index (χ3v) is 1.27. The first-order valence-corrected chi connectivity index (χ1v) is 3.29. The van der Waals surface area contributed by atoms with Crippen molar-refractivity contribution in [3.05, 3.63) is 11.0 Å². The van der Waals surface area contributed by atoms with E-state index in [-0.39, 0.29) is 0 Å². The van der Waals surface area contributed by atoms with Gasteiger partial charge in [-0.05, 0) is 12.3 Å². The number of hydrogen-bond acceptors (Lipinski definition) is 2. The highest BCUT2D eigenvalue weighted by atomic mass is 32.1. The number of rotatable bonds is 2. The average molecular weight is 184 g/mol. The second-order valence-corrected chi connectivity index (χ2v) is 2.29. The van der Waals surface area contributed by atoms with Crippen LogP contribution in [-0.2, 0) is 4.79 Å². The lowest BCUT2D eigenvalue weighted by Gasteiger charge is -2.07. The van der Waals surface area contributed by atoms with E-state index in [2.05, 4.69) is 12.6 Å². The van der Waals surface area contributed by atoms with E-state index in [1.165, 1.54) is 0 Å². The number of Topliss-reactive ketones (excluding diaryl/α,β-unsaturated/α-hetero) is 1. The van der Waals surface area contributed by atoms with Crippen LogP contribution in [0.5, 0.6) is 0 Å². The number of ketones is 1. The Hall–Kier alpha value is -0.450. The van der Waals surface area contributed by atoms with Crippen molar-refractivity contribution in [2.75, 3.05) is 0 Å².